The molecule has 0 spiro atoms. The fraction of sp³-hybridized carbons (Fsp3) is 0.533. The summed E-state index contributed by atoms with van der Waals surface area (Å²) in [4.78, 5) is 16.6. The van der Waals surface area contributed by atoms with Crippen LogP contribution in [0.3, 0.4) is 0 Å². The average molecular weight is 347 g/mol. The summed E-state index contributed by atoms with van der Waals surface area (Å²) < 4.78 is 2.07. The number of nitrogens with zero attached hydrogens (tertiary/aromatic N) is 5. The molecule has 1 aliphatic carbocycles. The van der Waals surface area contributed by atoms with Gasteiger partial charge in [0.25, 0.3) is 0 Å². The third-order valence-electron chi connectivity index (χ3n) is 3.68. The van der Waals surface area contributed by atoms with Gasteiger partial charge in [0.15, 0.2) is 16.9 Å². The van der Waals surface area contributed by atoms with Crippen molar-refractivity contribution in [2.45, 2.75) is 50.2 Å². The van der Waals surface area contributed by atoms with Crippen LogP contribution < -0.4 is 0 Å². The summed E-state index contributed by atoms with van der Waals surface area (Å²) in [6, 6.07) is 2.07. The molecule has 1 aliphatic rings. The van der Waals surface area contributed by atoms with E-state index in [1.54, 1.807) is 0 Å². The zero-order valence-electron chi connectivity index (χ0n) is 13.0. The topological polar surface area (TPSA) is 84.5 Å². The molecule has 3 rings (SSSR count). The summed E-state index contributed by atoms with van der Waals surface area (Å²) in [5, 5.41) is 21.0. The molecule has 120 valence electrons. The van der Waals surface area contributed by atoms with Gasteiger partial charge in [0.1, 0.15) is 10.8 Å². The van der Waals surface area contributed by atoms with Crippen molar-refractivity contribution in [1.29, 1.82) is 5.26 Å². The van der Waals surface area contributed by atoms with E-state index in [0.29, 0.717) is 10.9 Å². The first-order chi connectivity index (χ1) is 11.1. The number of Topliss-reactive ketones (excluding diaryl/α,β-unsaturated/α-hetero) is 1. The molecule has 1 fully saturated rings. The van der Waals surface area contributed by atoms with Crippen molar-refractivity contribution in [1.82, 2.24) is 19.7 Å². The number of carbonyl (C=O) groups is 1. The summed E-state index contributed by atoms with van der Waals surface area (Å²) in [7, 11) is 0. The first kappa shape index (κ1) is 16.1. The van der Waals surface area contributed by atoms with Crippen LogP contribution in [0.25, 0.3) is 0 Å². The molecule has 2 aromatic rings. The van der Waals surface area contributed by atoms with Crippen molar-refractivity contribution in [2.24, 2.45) is 0 Å². The molecule has 0 unspecified atom stereocenters. The van der Waals surface area contributed by atoms with E-state index in [1.165, 1.54) is 35.9 Å². The van der Waals surface area contributed by atoms with E-state index in [-0.39, 0.29) is 11.5 Å². The highest BCUT2D eigenvalue weighted by atomic mass is 32.2. The normalized spacial score (nSPS) is 15.3. The number of ketones is 1. The molecule has 0 aliphatic heterocycles. The Kier molecular flexibility index (Phi) is 4.78. The molecule has 1 saturated carbocycles. The highest BCUT2D eigenvalue weighted by molar-refractivity contribution is 7.99. The monoisotopic (exact) mass is 347 g/mol. The van der Waals surface area contributed by atoms with Crippen LogP contribution in [-0.4, -0.2) is 31.3 Å². The van der Waals surface area contributed by atoms with E-state index in [2.05, 4.69) is 32.7 Å². The third-order valence-corrected chi connectivity index (χ3v) is 5.70. The SMILES string of the molecule is CCn1c(SCC(=O)[C@H](C#N)c2nc(C)cs2)nnc1C1CC1. The molecule has 0 radical (unpaired) electrons. The standard InChI is InChI=1S/C15H17N5OS2/c1-3-20-13(10-4-5-10)18-19-15(20)23-8-12(21)11(6-16)14-17-9(2)7-22-14/h7,10-11H,3-5,8H2,1-2H3/t11-/m0/s1. The highest BCUT2D eigenvalue weighted by Gasteiger charge is 2.30. The number of hydrogen-bond donors (Lipinski definition) is 0. The van der Waals surface area contributed by atoms with Gasteiger partial charge in [-0.25, -0.2) is 4.98 Å². The molecule has 6 nitrogen and oxygen atoms in total. The number of thioether (sulfide) groups is 1. The molecule has 2 heterocycles. The zero-order valence-corrected chi connectivity index (χ0v) is 14.7. The quantitative estimate of drug-likeness (QED) is 0.716. The Morgan fingerprint density at radius 1 is 1.57 bits per heavy atom. The van der Waals surface area contributed by atoms with Gasteiger partial charge in [0.05, 0.1) is 11.8 Å². The minimum atomic E-state index is -0.790. The van der Waals surface area contributed by atoms with Crippen LogP contribution in [0, 0.1) is 18.3 Å². The lowest BCUT2D eigenvalue weighted by Crippen LogP contribution is -2.14. The van der Waals surface area contributed by atoms with Crippen molar-refractivity contribution < 1.29 is 4.79 Å². The molecule has 0 bridgehead atoms. The molecule has 0 N–H and O–H groups in total. The van der Waals surface area contributed by atoms with E-state index in [0.717, 1.165) is 23.2 Å². The minimum Gasteiger partial charge on any atom is -0.306 e. The number of thiazole rings is 1. The van der Waals surface area contributed by atoms with E-state index in [4.69, 9.17) is 0 Å². The van der Waals surface area contributed by atoms with Gasteiger partial charge in [-0.3, -0.25) is 4.79 Å². The van der Waals surface area contributed by atoms with E-state index >= 15 is 0 Å². The van der Waals surface area contributed by atoms with Crippen LogP contribution in [0.2, 0.25) is 0 Å². The fourth-order valence-corrected chi connectivity index (χ4v) is 4.11. The maximum atomic E-state index is 12.4. The molecule has 1 atom stereocenters. The third kappa shape index (κ3) is 3.46. The van der Waals surface area contributed by atoms with Crippen LogP contribution in [0.4, 0.5) is 0 Å². The average Bonchev–Trinajstić information content (AvgIpc) is 3.17. The second kappa shape index (κ2) is 6.81. The summed E-state index contributed by atoms with van der Waals surface area (Å²) in [5.74, 6) is 0.833. The van der Waals surface area contributed by atoms with Crippen molar-refractivity contribution >= 4 is 28.9 Å². The molecule has 0 amide bonds. The summed E-state index contributed by atoms with van der Waals surface area (Å²) >= 11 is 2.72. The Morgan fingerprint density at radius 2 is 2.35 bits per heavy atom. The predicted octanol–water partition coefficient (Wildman–Crippen LogP) is 2.91. The van der Waals surface area contributed by atoms with Gasteiger partial charge in [-0.1, -0.05) is 11.8 Å². The first-order valence-electron chi connectivity index (χ1n) is 7.54. The molecule has 0 saturated heterocycles. The van der Waals surface area contributed by atoms with Crippen LogP contribution in [0.5, 0.6) is 0 Å². The molecular formula is C15H17N5OS2. The molecule has 23 heavy (non-hydrogen) atoms. The van der Waals surface area contributed by atoms with Gasteiger partial charge in [0, 0.05) is 23.5 Å². The van der Waals surface area contributed by atoms with Crippen LogP contribution in [0.1, 0.15) is 48.1 Å². The molecular weight excluding hydrogens is 330 g/mol. The van der Waals surface area contributed by atoms with Gasteiger partial charge < -0.3 is 4.57 Å². The Bertz CT molecular complexity index is 756. The van der Waals surface area contributed by atoms with Gasteiger partial charge in [-0.15, -0.1) is 21.5 Å². The lowest BCUT2D eigenvalue weighted by molar-refractivity contribution is -0.116. The van der Waals surface area contributed by atoms with E-state index < -0.39 is 5.92 Å². The lowest BCUT2D eigenvalue weighted by atomic mass is 10.1. The number of carbonyl (C=O) groups excluding carboxylic acids is 1. The first-order valence-corrected chi connectivity index (χ1v) is 9.40. The minimum absolute atomic E-state index is 0.134. The van der Waals surface area contributed by atoms with Crippen molar-refractivity contribution in [3.8, 4) is 6.07 Å². The van der Waals surface area contributed by atoms with E-state index in [9.17, 15) is 10.1 Å². The van der Waals surface area contributed by atoms with Crippen molar-refractivity contribution in [3.63, 3.8) is 0 Å². The van der Waals surface area contributed by atoms with Gasteiger partial charge in [-0.2, -0.15) is 5.26 Å². The second-order valence-corrected chi connectivity index (χ2v) is 7.34. The molecule has 8 heteroatoms. The second-order valence-electron chi connectivity index (χ2n) is 5.50. The Labute approximate surface area is 142 Å². The number of aromatic nitrogens is 4. The van der Waals surface area contributed by atoms with Gasteiger partial charge >= 0.3 is 0 Å². The number of hydrogen-bond acceptors (Lipinski definition) is 7. The maximum Gasteiger partial charge on any atom is 0.191 e. The fourth-order valence-electron chi connectivity index (χ4n) is 2.34. The molecule has 2 aromatic heterocycles. The summed E-state index contributed by atoms with van der Waals surface area (Å²) in [6.45, 7) is 4.71. The van der Waals surface area contributed by atoms with Crippen molar-refractivity contribution in [2.75, 3.05) is 5.75 Å². The predicted molar refractivity (Wildman–Crippen MR) is 88.6 cm³/mol. The summed E-state index contributed by atoms with van der Waals surface area (Å²) in [6.07, 6.45) is 2.34. The zero-order chi connectivity index (χ0) is 16.4. The Hall–Kier alpha value is -1.72. The summed E-state index contributed by atoms with van der Waals surface area (Å²) in [5.41, 5.74) is 0.838. The van der Waals surface area contributed by atoms with Gasteiger partial charge in [0.2, 0.25) is 0 Å². The smallest absolute Gasteiger partial charge is 0.191 e. The number of rotatable bonds is 7. The lowest BCUT2D eigenvalue weighted by Gasteiger charge is -2.07. The number of nitriles is 1. The van der Waals surface area contributed by atoms with Crippen LogP contribution in [-0.2, 0) is 11.3 Å². The van der Waals surface area contributed by atoms with Crippen molar-refractivity contribution in [3.05, 3.63) is 21.9 Å². The highest BCUT2D eigenvalue weighted by Crippen LogP contribution is 2.40. The van der Waals surface area contributed by atoms with Crippen LogP contribution in [0.15, 0.2) is 10.5 Å². The van der Waals surface area contributed by atoms with E-state index in [1.807, 2.05) is 12.3 Å². The largest absolute Gasteiger partial charge is 0.306 e. The number of aryl methyl sites for hydroxylation is 1. The maximum absolute atomic E-state index is 12.4. The molecule has 0 aromatic carbocycles. The van der Waals surface area contributed by atoms with Crippen LogP contribution >= 0.6 is 23.1 Å². The Morgan fingerprint density at radius 3 is 2.91 bits per heavy atom. The van der Waals surface area contributed by atoms with Gasteiger partial charge in [-0.05, 0) is 26.7 Å². The Balaban J connectivity index is 1.68.